The third-order valence-corrected chi connectivity index (χ3v) is 5.95. The molecular weight excluding hydrogens is 479 g/mol. The molecule has 0 saturated heterocycles. The highest BCUT2D eigenvalue weighted by Crippen LogP contribution is 2.37. The predicted molar refractivity (Wildman–Crippen MR) is 142 cm³/mol. The van der Waals surface area contributed by atoms with Gasteiger partial charge in [0.2, 0.25) is 17.5 Å². The van der Waals surface area contributed by atoms with Crippen LogP contribution >= 0.6 is 0 Å². The molecule has 2 aromatic carbocycles. The molecule has 12 heteroatoms. The van der Waals surface area contributed by atoms with Gasteiger partial charge in [-0.3, -0.25) is 15.8 Å². The molecule has 11 nitrogen and oxygen atoms in total. The number of rotatable bonds is 9. The van der Waals surface area contributed by atoms with E-state index in [-0.39, 0.29) is 28.8 Å². The molecule has 194 valence electrons. The van der Waals surface area contributed by atoms with Gasteiger partial charge in [0.05, 0.1) is 23.8 Å². The number of nitrogens with one attached hydrogen (secondary N) is 2. The van der Waals surface area contributed by atoms with Gasteiger partial charge in [0, 0.05) is 31.9 Å². The highest BCUT2D eigenvalue weighted by molar-refractivity contribution is 5.86. The lowest BCUT2D eigenvalue weighted by atomic mass is 10.1. The molecule has 3 aromatic rings. The number of nitrogens with zero attached hydrogens (tertiary/aromatic N) is 5. The standard InChI is InChI=1S/C25H29FN8O3/c1-32(2)11-12-33(3)23-21(34(35)36)14-19(24(30-23)37-4)25(27)28-15-20(26)22(31-25)29-18-10-9-16-7-5-6-8-17(16)13-18/h5-10,13-15,29,31H,11-12,27H2,1-4H3. The number of anilines is 2. The van der Waals surface area contributed by atoms with Crippen LogP contribution in [0.1, 0.15) is 5.56 Å². The van der Waals surface area contributed by atoms with Crippen molar-refractivity contribution in [1.29, 1.82) is 0 Å². The third kappa shape index (κ3) is 5.44. The highest BCUT2D eigenvalue weighted by Gasteiger charge is 2.38. The number of allylic oxidation sites excluding steroid dienone is 1. The molecule has 0 radical (unpaired) electrons. The molecule has 1 aromatic heterocycles. The molecule has 0 saturated carbocycles. The predicted octanol–water partition coefficient (Wildman–Crippen LogP) is 3.14. The number of hydrogen-bond acceptors (Lipinski definition) is 10. The van der Waals surface area contributed by atoms with Crippen LogP contribution < -0.4 is 26.0 Å². The van der Waals surface area contributed by atoms with Gasteiger partial charge < -0.3 is 25.2 Å². The third-order valence-electron chi connectivity index (χ3n) is 5.95. The SMILES string of the molecule is COc1nc(N(C)CCN(C)C)c([N+](=O)[O-])cc1C1(N)N=CC(F)=C(Nc2ccc3ccccc3c2)N1. The lowest BCUT2D eigenvalue weighted by Crippen LogP contribution is -2.52. The quantitative estimate of drug-likeness (QED) is 0.294. The van der Waals surface area contributed by atoms with Crippen LogP contribution in [0.4, 0.5) is 21.6 Å². The Morgan fingerprint density at radius 1 is 1.16 bits per heavy atom. The molecule has 1 atom stereocenters. The molecule has 37 heavy (non-hydrogen) atoms. The number of aliphatic imine (C=N–C) groups is 1. The summed E-state index contributed by atoms with van der Waals surface area (Å²) in [5, 5.41) is 19.8. The summed E-state index contributed by atoms with van der Waals surface area (Å²) in [7, 11) is 6.89. The Morgan fingerprint density at radius 2 is 1.89 bits per heavy atom. The number of likely N-dealkylation sites (N-methyl/N-ethyl adjacent to an activating group) is 2. The van der Waals surface area contributed by atoms with Crippen molar-refractivity contribution in [3.05, 3.63) is 75.9 Å². The van der Waals surface area contributed by atoms with E-state index in [1.807, 2.05) is 55.4 Å². The maximum atomic E-state index is 14.8. The molecule has 0 bridgehead atoms. The van der Waals surface area contributed by atoms with Crippen LogP contribution in [0.15, 0.2) is 65.2 Å². The second-order valence-corrected chi connectivity index (χ2v) is 8.93. The number of benzene rings is 2. The normalized spacial score (nSPS) is 17.2. The minimum Gasteiger partial charge on any atom is -0.481 e. The highest BCUT2D eigenvalue weighted by atomic mass is 19.1. The van der Waals surface area contributed by atoms with Crippen LogP contribution in [0.5, 0.6) is 5.88 Å². The van der Waals surface area contributed by atoms with E-state index in [1.54, 1.807) is 18.0 Å². The van der Waals surface area contributed by atoms with E-state index in [2.05, 4.69) is 20.6 Å². The molecule has 4 N–H and O–H groups in total. The van der Waals surface area contributed by atoms with Gasteiger partial charge in [0.15, 0.2) is 5.83 Å². The second-order valence-electron chi connectivity index (χ2n) is 8.93. The zero-order chi connectivity index (χ0) is 26.7. The molecule has 2 heterocycles. The minimum atomic E-state index is -1.79. The summed E-state index contributed by atoms with van der Waals surface area (Å²) in [5.74, 6) is -2.39. The van der Waals surface area contributed by atoms with E-state index in [1.165, 1.54) is 13.2 Å². The fourth-order valence-corrected chi connectivity index (χ4v) is 3.92. The van der Waals surface area contributed by atoms with E-state index < -0.39 is 16.5 Å². The lowest BCUT2D eigenvalue weighted by molar-refractivity contribution is -0.384. The average molecular weight is 509 g/mol. The molecular formula is C25H29FN8O3. The van der Waals surface area contributed by atoms with Crippen molar-refractivity contribution in [1.82, 2.24) is 15.2 Å². The van der Waals surface area contributed by atoms with Crippen LogP contribution in [0, 0.1) is 10.1 Å². The summed E-state index contributed by atoms with van der Waals surface area (Å²) in [6.07, 6.45) is 0.961. The monoisotopic (exact) mass is 508 g/mol. The van der Waals surface area contributed by atoms with Gasteiger partial charge in [-0.2, -0.15) is 4.98 Å². The first-order chi connectivity index (χ1) is 17.6. The van der Waals surface area contributed by atoms with E-state index >= 15 is 0 Å². The summed E-state index contributed by atoms with van der Waals surface area (Å²) in [6, 6.07) is 14.6. The van der Waals surface area contributed by atoms with Gasteiger partial charge in [-0.25, -0.2) is 9.38 Å². The van der Waals surface area contributed by atoms with Gasteiger partial charge in [0.1, 0.15) is 5.82 Å². The molecule has 1 aliphatic rings. The topological polar surface area (TPSA) is 134 Å². The van der Waals surface area contributed by atoms with Crippen LogP contribution in [-0.4, -0.2) is 62.4 Å². The second kappa shape index (κ2) is 10.4. The first kappa shape index (κ1) is 25.8. The van der Waals surface area contributed by atoms with Crippen molar-refractivity contribution in [2.24, 2.45) is 10.7 Å². The van der Waals surface area contributed by atoms with Crippen LogP contribution in [0.2, 0.25) is 0 Å². The first-order valence-corrected chi connectivity index (χ1v) is 11.5. The number of ether oxygens (including phenoxy) is 1. The van der Waals surface area contributed by atoms with Crippen molar-refractivity contribution in [3.63, 3.8) is 0 Å². The number of pyridine rings is 1. The summed E-state index contributed by atoms with van der Waals surface area (Å²) in [6.45, 7) is 1.14. The fourth-order valence-electron chi connectivity index (χ4n) is 3.92. The van der Waals surface area contributed by atoms with Crippen molar-refractivity contribution in [2.45, 2.75) is 5.79 Å². The van der Waals surface area contributed by atoms with Gasteiger partial charge >= 0.3 is 5.69 Å². The Balaban J connectivity index is 1.68. The summed E-state index contributed by atoms with van der Waals surface area (Å²) in [4.78, 5) is 23.5. The Labute approximate surface area is 213 Å². The molecule has 0 spiro atoms. The maximum absolute atomic E-state index is 14.8. The number of hydrogen-bond donors (Lipinski definition) is 3. The largest absolute Gasteiger partial charge is 0.481 e. The van der Waals surface area contributed by atoms with E-state index in [0.29, 0.717) is 18.8 Å². The lowest BCUT2D eigenvalue weighted by Gasteiger charge is -2.33. The number of halogens is 1. The maximum Gasteiger partial charge on any atom is 0.312 e. The smallest absolute Gasteiger partial charge is 0.312 e. The van der Waals surface area contributed by atoms with Crippen molar-refractivity contribution in [2.75, 3.05) is 51.6 Å². The summed E-state index contributed by atoms with van der Waals surface area (Å²) < 4.78 is 20.2. The first-order valence-electron chi connectivity index (χ1n) is 11.5. The Hall–Kier alpha value is -4.29. The van der Waals surface area contributed by atoms with Crippen molar-refractivity contribution >= 4 is 34.2 Å². The van der Waals surface area contributed by atoms with Gasteiger partial charge in [-0.15, -0.1) is 0 Å². The molecule has 0 fully saturated rings. The molecule has 4 rings (SSSR count). The number of methoxy groups -OCH3 is 1. The molecule has 0 amide bonds. The Morgan fingerprint density at radius 3 is 2.57 bits per heavy atom. The van der Waals surface area contributed by atoms with E-state index in [4.69, 9.17) is 10.5 Å². The van der Waals surface area contributed by atoms with Crippen molar-refractivity contribution in [3.8, 4) is 5.88 Å². The number of fused-ring (bicyclic) bond motifs is 1. The van der Waals surface area contributed by atoms with Crippen LogP contribution in [0.25, 0.3) is 10.8 Å². The zero-order valence-corrected chi connectivity index (χ0v) is 21.0. The number of aromatic nitrogens is 1. The summed E-state index contributed by atoms with van der Waals surface area (Å²) in [5.41, 5.74) is 6.95. The van der Waals surface area contributed by atoms with Crippen molar-refractivity contribution < 1.29 is 14.1 Å². The van der Waals surface area contributed by atoms with Gasteiger partial charge in [0.25, 0.3) is 0 Å². The zero-order valence-electron chi connectivity index (χ0n) is 21.0. The van der Waals surface area contributed by atoms with Gasteiger partial charge in [-0.05, 0) is 37.0 Å². The van der Waals surface area contributed by atoms with Gasteiger partial charge in [-0.1, -0.05) is 30.3 Å². The van der Waals surface area contributed by atoms with Crippen LogP contribution in [-0.2, 0) is 5.79 Å². The van der Waals surface area contributed by atoms with Crippen LogP contribution in [0.3, 0.4) is 0 Å². The fraction of sp³-hybridized carbons (Fsp3) is 0.280. The Kier molecular flexibility index (Phi) is 7.23. The molecule has 1 aliphatic heterocycles. The molecule has 0 aliphatic carbocycles. The number of nitro groups is 1. The van der Waals surface area contributed by atoms with E-state index in [0.717, 1.165) is 17.0 Å². The minimum absolute atomic E-state index is 0.0248. The molecule has 1 unspecified atom stereocenters. The Bertz CT molecular complexity index is 1390. The number of nitrogens with two attached hydrogens (primary N) is 1. The summed E-state index contributed by atoms with van der Waals surface area (Å²) >= 11 is 0. The van der Waals surface area contributed by atoms with E-state index in [9.17, 15) is 14.5 Å². The average Bonchev–Trinajstić information content (AvgIpc) is 2.88.